The van der Waals surface area contributed by atoms with Crippen molar-refractivity contribution in [1.29, 1.82) is 0 Å². The molecule has 2 rings (SSSR count). The summed E-state index contributed by atoms with van der Waals surface area (Å²) < 4.78 is 58.9. The van der Waals surface area contributed by atoms with Crippen LogP contribution in [0.15, 0.2) is 15.8 Å². The minimum atomic E-state index is -4.98. The number of carbonyl (C=O) groups is 1. The molecule has 1 aromatic rings. The van der Waals surface area contributed by atoms with E-state index in [0.717, 1.165) is 17.6 Å². The molecule has 124 valence electrons. The Kier molecular flexibility index (Phi) is 4.62. The smallest absolute Gasteiger partial charge is 0.375 e. The lowest BCUT2D eigenvalue weighted by Crippen LogP contribution is -2.45. The van der Waals surface area contributed by atoms with Gasteiger partial charge >= 0.3 is 6.18 Å². The first kappa shape index (κ1) is 17.3. The zero-order valence-corrected chi connectivity index (χ0v) is 12.9. The van der Waals surface area contributed by atoms with Crippen LogP contribution < -0.4 is 5.73 Å². The van der Waals surface area contributed by atoms with Crippen LogP contribution in [0.3, 0.4) is 0 Å². The van der Waals surface area contributed by atoms with E-state index in [0.29, 0.717) is 0 Å². The average molecular weight is 357 g/mol. The topological polar surface area (TPSA) is 106 Å². The van der Waals surface area contributed by atoms with Gasteiger partial charge in [0.2, 0.25) is 5.60 Å². The van der Waals surface area contributed by atoms with Crippen LogP contribution in [-0.2, 0) is 20.1 Å². The van der Waals surface area contributed by atoms with Crippen molar-refractivity contribution < 1.29 is 27.3 Å². The highest BCUT2D eigenvalue weighted by atomic mass is 32.2. The lowest BCUT2D eigenvalue weighted by Gasteiger charge is -2.29. The summed E-state index contributed by atoms with van der Waals surface area (Å²) in [5, 5.41) is 11.3. The Balaban J connectivity index is 2.26. The number of nitrogens with zero attached hydrogens (tertiary/aromatic N) is 2. The van der Waals surface area contributed by atoms with Crippen LogP contribution in [0.2, 0.25) is 0 Å². The minimum Gasteiger partial charge on any atom is -0.375 e. The highest BCUT2D eigenvalue weighted by Crippen LogP contribution is 2.41. The first-order valence-corrected chi connectivity index (χ1v) is 8.98. The van der Waals surface area contributed by atoms with Gasteiger partial charge in [0.05, 0.1) is 21.5 Å². The summed E-state index contributed by atoms with van der Waals surface area (Å²) in [5.74, 6) is -1.40. The van der Waals surface area contributed by atoms with E-state index in [1.165, 1.54) is 5.38 Å². The van der Waals surface area contributed by atoms with Gasteiger partial charge in [-0.1, -0.05) is 0 Å². The number of halogens is 3. The van der Waals surface area contributed by atoms with Gasteiger partial charge in [-0.3, -0.25) is 4.79 Å². The molecule has 22 heavy (non-hydrogen) atoms. The molecule has 0 aliphatic carbocycles. The maximum absolute atomic E-state index is 13.2. The largest absolute Gasteiger partial charge is 0.423 e. The van der Waals surface area contributed by atoms with Gasteiger partial charge in [0, 0.05) is 23.3 Å². The van der Waals surface area contributed by atoms with Crippen molar-refractivity contribution >= 4 is 27.2 Å². The second kappa shape index (κ2) is 5.87. The molecule has 2 heterocycles. The summed E-state index contributed by atoms with van der Waals surface area (Å²) in [7, 11) is -3.15. The zero-order chi connectivity index (χ0) is 16.6. The van der Waals surface area contributed by atoms with Gasteiger partial charge < -0.3 is 10.8 Å². The highest BCUT2D eigenvalue weighted by molar-refractivity contribution is 7.93. The maximum atomic E-state index is 13.2. The molecule has 0 radical (unpaired) electrons. The second-order valence-corrected chi connectivity index (χ2v) is 8.21. The number of aliphatic hydroxyl groups is 1. The Labute approximate surface area is 128 Å². The molecule has 0 fully saturated rings. The maximum Gasteiger partial charge on any atom is 0.423 e. The van der Waals surface area contributed by atoms with Crippen molar-refractivity contribution in [3.63, 3.8) is 0 Å². The van der Waals surface area contributed by atoms with Crippen LogP contribution >= 0.6 is 11.5 Å². The van der Waals surface area contributed by atoms with E-state index < -0.39 is 51.3 Å². The number of hydrogen-bond donors (Lipinski definition) is 2. The summed E-state index contributed by atoms with van der Waals surface area (Å²) in [6, 6.07) is 0.193. The third-order valence-electron chi connectivity index (χ3n) is 3.43. The summed E-state index contributed by atoms with van der Waals surface area (Å²) in [5.41, 5.74) is 1.66. The number of amides is 1. The van der Waals surface area contributed by atoms with Crippen LogP contribution in [0, 0.1) is 0 Å². The second-order valence-electron chi connectivity index (χ2n) is 5.00. The van der Waals surface area contributed by atoms with Gasteiger partial charge in [-0.2, -0.15) is 21.9 Å². The van der Waals surface area contributed by atoms with E-state index in [1.54, 1.807) is 0 Å². The predicted octanol–water partition coefficient (Wildman–Crippen LogP) is 1.01. The van der Waals surface area contributed by atoms with E-state index >= 15 is 0 Å². The fourth-order valence-electron chi connectivity index (χ4n) is 2.01. The SMILES string of the molecule is N[C@H]1CCS(=O)(CCC(O)(c2ccsn2)C(F)(F)F)=NC1=O. The third-order valence-corrected chi connectivity index (χ3v) is 6.22. The van der Waals surface area contributed by atoms with Crippen molar-refractivity contribution in [1.82, 2.24) is 4.37 Å². The molecule has 6 nitrogen and oxygen atoms in total. The number of alkyl halides is 3. The van der Waals surface area contributed by atoms with E-state index in [1.807, 2.05) is 0 Å². The molecule has 0 bridgehead atoms. The molecule has 11 heteroatoms. The summed E-state index contributed by atoms with van der Waals surface area (Å²) in [6.07, 6.45) is -5.76. The Morgan fingerprint density at radius 3 is 2.68 bits per heavy atom. The minimum absolute atomic E-state index is 0.0646. The molecular weight excluding hydrogens is 343 g/mol. The van der Waals surface area contributed by atoms with Crippen molar-refractivity contribution in [2.24, 2.45) is 10.1 Å². The lowest BCUT2D eigenvalue weighted by atomic mass is 9.96. The number of nitrogens with two attached hydrogens (primary N) is 1. The fourth-order valence-corrected chi connectivity index (χ4v) is 4.67. The predicted molar refractivity (Wildman–Crippen MR) is 74.6 cm³/mol. The molecule has 0 saturated heterocycles. The van der Waals surface area contributed by atoms with E-state index in [2.05, 4.69) is 8.74 Å². The lowest BCUT2D eigenvalue weighted by molar-refractivity contribution is -0.268. The first-order valence-electron chi connectivity index (χ1n) is 6.29. The average Bonchev–Trinajstić information content (AvgIpc) is 2.94. The van der Waals surface area contributed by atoms with Crippen molar-refractivity contribution in [2.75, 3.05) is 11.5 Å². The fraction of sp³-hybridized carbons (Fsp3) is 0.636. The zero-order valence-electron chi connectivity index (χ0n) is 11.2. The molecule has 0 aromatic carbocycles. The highest BCUT2D eigenvalue weighted by Gasteiger charge is 2.56. The van der Waals surface area contributed by atoms with Crippen LogP contribution in [-0.4, -0.2) is 43.3 Å². The Morgan fingerprint density at radius 1 is 1.50 bits per heavy atom. The molecule has 1 amide bonds. The molecule has 0 saturated carbocycles. The molecule has 2 unspecified atom stereocenters. The van der Waals surface area contributed by atoms with Gasteiger partial charge in [0.1, 0.15) is 0 Å². The van der Waals surface area contributed by atoms with Crippen LogP contribution in [0.4, 0.5) is 13.2 Å². The number of aromatic nitrogens is 1. The molecule has 1 aromatic heterocycles. The molecule has 0 spiro atoms. The van der Waals surface area contributed by atoms with Crippen molar-refractivity contribution in [3.8, 4) is 0 Å². The first-order chi connectivity index (χ1) is 10.1. The summed E-state index contributed by atoms with van der Waals surface area (Å²) in [4.78, 5) is 11.4. The Bertz CT molecular complexity index is 668. The van der Waals surface area contributed by atoms with Crippen molar-refractivity contribution in [3.05, 3.63) is 17.1 Å². The van der Waals surface area contributed by atoms with Crippen molar-refractivity contribution in [2.45, 2.75) is 30.7 Å². The molecule has 1 aliphatic rings. The molecule has 3 atom stereocenters. The summed E-state index contributed by atoms with van der Waals surface area (Å²) in [6.45, 7) is 0. The third kappa shape index (κ3) is 3.31. The van der Waals surface area contributed by atoms with Gasteiger partial charge in [0.25, 0.3) is 5.91 Å². The van der Waals surface area contributed by atoms with Gasteiger partial charge in [-0.05, 0) is 24.0 Å². The molecule has 3 N–H and O–H groups in total. The molecular formula is C11H14F3N3O3S2. The van der Waals surface area contributed by atoms with Gasteiger partial charge in [0.15, 0.2) is 0 Å². The number of hydrogen-bond acceptors (Lipinski definition) is 6. The summed E-state index contributed by atoms with van der Waals surface area (Å²) >= 11 is 0.768. The normalized spacial score (nSPS) is 29.0. The van der Waals surface area contributed by atoms with Crippen LogP contribution in [0.25, 0.3) is 0 Å². The van der Waals surface area contributed by atoms with Gasteiger partial charge in [-0.15, -0.1) is 0 Å². The van der Waals surface area contributed by atoms with E-state index in [9.17, 15) is 27.3 Å². The van der Waals surface area contributed by atoms with Crippen LogP contribution in [0.1, 0.15) is 18.5 Å². The Morgan fingerprint density at radius 2 is 2.18 bits per heavy atom. The number of carbonyl (C=O) groups excluding carboxylic acids is 1. The van der Waals surface area contributed by atoms with Crippen LogP contribution in [0.5, 0.6) is 0 Å². The quantitative estimate of drug-likeness (QED) is 0.837. The van der Waals surface area contributed by atoms with E-state index in [-0.39, 0.29) is 12.2 Å². The van der Waals surface area contributed by atoms with E-state index in [4.69, 9.17) is 5.73 Å². The van der Waals surface area contributed by atoms with Gasteiger partial charge in [-0.25, -0.2) is 4.21 Å². The monoisotopic (exact) mass is 357 g/mol. The standard InChI is InChI=1S/C11H14F3N3O3S2/c12-11(13,14)10(19,8-1-4-21-16-8)3-6-22(20)5-2-7(15)9(18)17-22/h1,4,7,19H,2-3,5-6,15H2/t7-,10?,22?/m0/s1. The number of rotatable bonds is 4. The molecule has 1 aliphatic heterocycles. The Hall–Kier alpha value is -1.04.